The second-order valence-corrected chi connectivity index (χ2v) is 7.76. The van der Waals surface area contributed by atoms with Gasteiger partial charge in [0.05, 0.1) is 11.8 Å². The molecular weight excluding hydrogens is 450 g/mol. The standard InChI is InChI=1S/C23H17BrClN3O/c24-20-10-4-2-9-19(20)23(29)27-26-13-17-15-28(22-12-6-3-8-18(17)22)14-16-7-1-5-11-21(16)25/h1-13,15H,14H2,(H,27,29)/b26-13-. The highest BCUT2D eigenvalue weighted by atomic mass is 79.9. The lowest BCUT2D eigenvalue weighted by Crippen LogP contribution is -2.18. The molecule has 4 aromatic rings. The van der Waals surface area contributed by atoms with E-state index in [0.29, 0.717) is 12.1 Å². The second-order valence-electron chi connectivity index (χ2n) is 6.50. The van der Waals surface area contributed by atoms with Crippen LogP contribution in [-0.4, -0.2) is 16.7 Å². The fourth-order valence-electron chi connectivity index (χ4n) is 3.19. The molecule has 144 valence electrons. The fourth-order valence-corrected chi connectivity index (χ4v) is 3.85. The van der Waals surface area contributed by atoms with Crippen LogP contribution in [0.2, 0.25) is 5.02 Å². The van der Waals surface area contributed by atoms with Crippen LogP contribution in [-0.2, 0) is 6.54 Å². The molecule has 1 amide bonds. The number of benzene rings is 3. The molecule has 6 heteroatoms. The predicted molar refractivity (Wildman–Crippen MR) is 122 cm³/mol. The van der Waals surface area contributed by atoms with Gasteiger partial charge in [0.2, 0.25) is 0 Å². The Morgan fingerprint density at radius 3 is 2.59 bits per heavy atom. The summed E-state index contributed by atoms with van der Waals surface area (Å²) in [5.41, 5.74) is 6.16. The van der Waals surface area contributed by atoms with Crippen molar-refractivity contribution in [1.29, 1.82) is 0 Å². The van der Waals surface area contributed by atoms with Gasteiger partial charge >= 0.3 is 0 Å². The molecule has 0 spiro atoms. The number of para-hydroxylation sites is 1. The van der Waals surface area contributed by atoms with E-state index in [4.69, 9.17) is 11.6 Å². The lowest BCUT2D eigenvalue weighted by atomic mass is 10.2. The molecule has 0 aliphatic heterocycles. The number of aromatic nitrogens is 1. The van der Waals surface area contributed by atoms with Crippen molar-refractivity contribution in [3.63, 3.8) is 0 Å². The number of halogens is 2. The van der Waals surface area contributed by atoms with Gasteiger partial charge in [-0.3, -0.25) is 4.79 Å². The molecule has 1 aromatic heterocycles. The quantitative estimate of drug-likeness (QED) is 0.290. The van der Waals surface area contributed by atoms with E-state index in [9.17, 15) is 4.79 Å². The van der Waals surface area contributed by atoms with E-state index in [1.54, 1.807) is 12.3 Å². The van der Waals surface area contributed by atoms with Crippen LogP contribution < -0.4 is 5.43 Å². The predicted octanol–water partition coefficient (Wildman–Crippen LogP) is 5.87. The number of fused-ring (bicyclic) bond motifs is 1. The third kappa shape index (κ3) is 4.26. The summed E-state index contributed by atoms with van der Waals surface area (Å²) in [6.45, 7) is 0.650. The van der Waals surface area contributed by atoms with Crippen LogP contribution >= 0.6 is 27.5 Å². The summed E-state index contributed by atoms with van der Waals surface area (Å²) in [6, 6.07) is 23.1. The molecule has 0 saturated heterocycles. The zero-order valence-corrected chi connectivity index (χ0v) is 17.7. The summed E-state index contributed by atoms with van der Waals surface area (Å²) in [5.74, 6) is -0.270. The number of carbonyl (C=O) groups excluding carboxylic acids is 1. The Bertz CT molecular complexity index is 1220. The van der Waals surface area contributed by atoms with Gasteiger partial charge in [-0.1, -0.05) is 60.1 Å². The van der Waals surface area contributed by atoms with Gasteiger partial charge in [-0.25, -0.2) is 5.43 Å². The van der Waals surface area contributed by atoms with Crippen molar-refractivity contribution in [2.45, 2.75) is 6.54 Å². The first-order valence-corrected chi connectivity index (χ1v) is 10.2. The Labute approximate surface area is 181 Å². The maximum atomic E-state index is 12.3. The normalized spacial score (nSPS) is 11.2. The van der Waals surface area contributed by atoms with Crippen LogP contribution in [0.1, 0.15) is 21.5 Å². The third-order valence-electron chi connectivity index (χ3n) is 4.61. The largest absolute Gasteiger partial charge is 0.342 e. The van der Waals surface area contributed by atoms with Gasteiger partial charge in [0.1, 0.15) is 0 Å². The second kappa shape index (κ2) is 8.64. The van der Waals surface area contributed by atoms with Gasteiger partial charge in [-0.05, 0) is 45.8 Å². The molecule has 0 radical (unpaired) electrons. The van der Waals surface area contributed by atoms with Gasteiger partial charge in [-0.15, -0.1) is 0 Å². The van der Waals surface area contributed by atoms with Crippen LogP contribution in [0.5, 0.6) is 0 Å². The molecule has 4 nitrogen and oxygen atoms in total. The van der Waals surface area contributed by atoms with Crippen molar-refractivity contribution in [1.82, 2.24) is 9.99 Å². The van der Waals surface area contributed by atoms with E-state index in [0.717, 1.165) is 31.5 Å². The molecule has 3 aromatic carbocycles. The van der Waals surface area contributed by atoms with Crippen molar-refractivity contribution in [3.05, 3.63) is 105 Å². The zero-order valence-electron chi connectivity index (χ0n) is 15.3. The maximum Gasteiger partial charge on any atom is 0.272 e. The van der Waals surface area contributed by atoms with Gasteiger partial charge in [0.15, 0.2) is 0 Å². The minimum Gasteiger partial charge on any atom is -0.342 e. The number of nitrogens with one attached hydrogen (secondary N) is 1. The van der Waals surface area contributed by atoms with E-state index in [-0.39, 0.29) is 5.91 Å². The molecule has 0 aliphatic rings. The van der Waals surface area contributed by atoms with Crippen LogP contribution in [0, 0.1) is 0 Å². The Kier molecular flexibility index (Phi) is 5.79. The number of rotatable bonds is 5. The summed E-state index contributed by atoms with van der Waals surface area (Å²) in [4.78, 5) is 12.3. The Balaban J connectivity index is 1.59. The fraction of sp³-hybridized carbons (Fsp3) is 0.0435. The highest BCUT2D eigenvalue weighted by molar-refractivity contribution is 9.10. The van der Waals surface area contributed by atoms with E-state index in [1.807, 2.05) is 66.9 Å². The molecule has 1 N–H and O–H groups in total. The van der Waals surface area contributed by atoms with Crippen LogP contribution in [0.4, 0.5) is 0 Å². The summed E-state index contributed by atoms with van der Waals surface area (Å²) in [7, 11) is 0. The molecule has 1 heterocycles. The van der Waals surface area contributed by atoms with Crippen LogP contribution in [0.25, 0.3) is 10.9 Å². The van der Waals surface area contributed by atoms with Crippen molar-refractivity contribution in [2.75, 3.05) is 0 Å². The number of hydrogen-bond donors (Lipinski definition) is 1. The third-order valence-corrected chi connectivity index (χ3v) is 5.67. The lowest BCUT2D eigenvalue weighted by molar-refractivity contribution is 0.0954. The number of carbonyl (C=O) groups is 1. The SMILES string of the molecule is O=C(N/N=C\c1cn(Cc2ccccc2Cl)c2ccccc12)c1ccccc1Br. The first kappa shape index (κ1) is 19.4. The molecule has 0 saturated carbocycles. The molecule has 4 rings (SSSR count). The number of hydrogen-bond acceptors (Lipinski definition) is 2. The first-order chi connectivity index (χ1) is 14.1. The summed E-state index contributed by atoms with van der Waals surface area (Å²) >= 11 is 9.71. The average molecular weight is 467 g/mol. The topological polar surface area (TPSA) is 46.4 Å². The molecule has 0 atom stereocenters. The van der Waals surface area contributed by atoms with Crippen molar-refractivity contribution in [3.8, 4) is 0 Å². The lowest BCUT2D eigenvalue weighted by Gasteiger charge is -2.07. The summed E-state index contributed by atoms with van der Waals surface area (Å²) in [6.07, 6.45) is 3.68. The summed E-state index contributed by atoms with van der Waals surface area (Å²) in [5, 5.41) is 5.95. The van der Waals surface area contributed by atoms with Gasteiger partial charge in [-0.2, -0.15) is 5.10 Å². The highest BCUT2D eigenvalue weighted by Gasteiger charge is 2.10. The van der Waals surface area contributed by atoms with Crippen LogP contribution in [0.15, 0.2) is 88.6 Å². The molecular formula is C23H17BrClN3O. The molecule has 29 heavy (non-hydrogen) atoms. The van der Waals surface area contributed by atoms with E-state index in [1.165, 1.54) is 0 Å². The van der Waals surface area contributed by atoms with E-state index < -0.39 is 0 Å². The first-order valence-electron chi connectivity index (χ1n) is 9.02. The Morgan fingerprint density at radius 2 is 1.76 bits per heavy atom. The molecule has 0 bridgehead atoms. The molecule has 0 unspecified atom stereocenters. The van der Waals surface area contributed by atoms with E-state index >= 15 is 0 Å². The van der Waals surface area contributed by atoms with Gasteiger partial charge < -0.3 is 4.57 Å². The molecule has 0 aliphatic carbocycles. The number of hydrazone groups is 1. The monoisotopic (exact) mass is 465 g/mol. The Hall–Kier alpha value is -2.89. The van der Waals surface area contributed by atoms with Gasteiger partial charge in [0.25, 0.3) is 5.91 Å². The van der Waals surface area contributed by atoms with Crippen molar-refractivity contribution in [2.24, 2.45) is 5.10 Å². The van der Waals surface area contributed by atoms with Crippen molar-refractivity contribution < 1.29 is 4.79 Å². The zero-order chi connectivity index (χ0) is 20.2. The summed E-state index contributed by atoms with van der Waals surface area (Å²) < 4.78 is 2.86. The average Bonchev–Trinajstić information content (AvgIpc) is 3.08. The highest BCUT2D eigenvalue weighted by Crippen LogP contribution is 2.23. The minimum atomic E-state index is -0.270. The van der Waals surface area contributed by atoms with Gasteiger partial charge in [0, 0.05) is 38.7 Å². The Morgan fingerprint density at radius 1 is 1.03 bits per heavy atom. The minimum absolute atomic E-state index is 0.270. The van der Waals surface area contributed by atoms with Crippen LogP contribution in [0.3, 0.4) is 0 Å². The van der Waals surface area contributed by atoms with E-state index in [2.05, 4.69) is 37.1 Å². The smallest absolute Gasteiger partial charge is 0.272 e. The van der Waals surface area contributed by atoms with Crippen molar-refractivity contribution >= 4 is 50.6 Å². The molecule has 0 fully saturated rings. The maximum absolute atomic E-state index is 12.3. The number of amides is 1. The number of nitrogens with zero attached hydrogens (tertiary/aromatic N) is 2.